The SMILES string of the molecule is COc1ccc([C@@H](CNC(=O)c2cc(=O)c3cc(C)cc(C)c3o2)N(C)C)cc1. The average Bonchev–Trinajstić information content (AvgIpc) is 2.68. The highest BCUT2D eigenvalue weighted by molar-refractivity contribution is 5.93. The van der Waals surface area contributed by atoms with Gasteiger partial charge in [-0.15, -0.1) is 0 Å². The van der Waals surface area contributed by atoms with Gasteiger partial charge in [-0.2, -0.15) is 0 Å². The van der Waals surface area contributed by atoms with Gasteiger partial charge in [0.25, 0.3) is 5.91 Å². The topological polar surface area (TPSA) is 71.8 Å². The molecule has 0 saturated heterocycles. The van der Waals surface area contributed by atoms with Crippen LogP contribution in [0.15, 0.2) is 51.7 Å². The summed E-state index contributed by atoms with van der Waals surface area (Å²) in [5.41, 5.74) is 3.08. The number of carbonyl (C=O) groups is 1. The molecule has 1 atom stereocenters. The van der Waals surface area contributed by atoms with E-state index in [0.717, 1.165) is 22.4 Å². The summed E-state index contributed by atoms with van der Waals surface area (Å²) in [4.78, 5) is 27.2. The van der Waals surface area contributed by atoms with Gasteiger partial charge in [-0.05, 0) is 62.8 Å². The number of aryl methyl sites for hydroxylation is 2. The van der Waals surface area contributed by atoms with E-state index in [9.17, 15) is 9.59 Å². The quantitative estimate of drug-likeness (QED) is 0.693. The van der Waals surface area contributed by atoms with Crippen molar-refractivity contribution >= 4 is 16.9 Å². The van der Waals surface area contributed by atoms with Gasteiger partial charge in [0.2, 0.25) is 0 Å². The molecule has 0 aliphatic carbocycles. The van der Waals surface area contributed by atoms with Crippen molar-refractivity contribution in [1.82, 2.24) is 10.2 Å². The highest BCUT2D eigenvalue weighted by Gasteiger charge is 2.18. The number of benzene rings is 2. The maximum Gasteiger partial charge on any atom is 0.287 e. The van der Waals surface area contributed by atoms with Gasteiger partial charge in [0.05, 0.1) is 18.5 Å². The van der Waals surface area contributed by atoms with Crippen LogP contribution in [0, 0.1) is 13.8 Å². The van der Waals surface area contributed by atoms with Crippen LogP contribution in [-0.2, 0) is 0 Å². The molecule has 0 fully saturated rings. The smallest absolute Gasteiger partial charge is 0.287 e. The number of methoxy groups -OCH3 is 1. The van der Waals surface area contributed by atoms with Crippen LogP contribution in [0.1, 0.15) is 33.3 Å². The predicted octanol–water partition coefficient (Wildman–Crippen LogP) is 3.45. The molecule has 1 aromatic heterocycles. The zero-order valence-corrected chi connectivity index (χ0v) is 17.4. The molecule has 6 nitrogen and oxygen atoms in total. The number of fused-ring (bicyclic) bond motifs is 1. The lowest BCUT2D eigenvalue weighted by molar-refractivity contribution is 0.0914. The maximum atomic E-state index is 12.7. The third-order valence-corrected chi connectivity index (χ3v) is 4.96. The molecule has 0 unspecified atom stereocenters. The Morgan fingerprint density at radius 2 is 1.83 bits per heavy atom. The molecule has 6 heteroatoms. The summed E-state index contributed by atoms with van der Waals surface area (Å²) < 4.78 is 11.0. The van der Waals surface area contributed by atoms with Gasteiger partial charge >= 0.3 is 0 Å². The number of carbonyl (C=O) groups excluding carboxylic acids is 1. The fourth-order valence-electron chi connectivity index (χ4n) is 3.42. The number of ether oxygens (including phenoxy) is 1. The van der Waals surface area contributed by atoms with Gasteiger partial charge in [-0.3, -0.25) is 9.59 Å². The Morgan fingerprint density at radius 3 is 2.45 bits per heavy atom. The lowest BCUT2D eigenvalue weighted by Gasteiger charge is -2.25. The Hall–Kier alpha value is -3.12. The summed E-state index contributed by atoms with van der Waals surface area (Å²) in [7, 11) is 5.52. The molecule has 152 valence electrons. The van der Waals surface area contributed by atoms with E-state index in [-0.39, 0.29) is 17.2 Å². The van der Waals surface area contributed by atoms with Crippen molar-refractivity contribution in [1.29, 1.82) is 0 Å². The second kappa shape index (κ2) is 8.49. The fourth-order valence-corrected chi connectivity index (χ4v) is 3.42. The average molecular weight is 394 g/mol. The highest BCUT2D eigenvalue weighted by atomic mass is 16.5. The van der Waals surface area contributed by atoms with Crippen molar-refractivity contribution in [3.8, 4) is 5.75 Å². The maximum absolute atomic E-state index is 12.7. The number of nitrogens with one attached hydrogen (secondary N) is 1. The molecule has 29 heavy (non-hydrogen) atoms. The van der Waals surface area contributed by atoms with E-state index in [1.807, 2.05) is 63.2 Å². The zero-order valence-electron chi connectivity index (χ0n) is 17.4. The minimum Gasteiger partial charge on any atom is -0.497 e. The lowest BCUT2D eigenvalue weighted by Crippen LogP contribution is -2.34. The van der Waals surface area contributed by atoms with Crippen molar-refractivity contribution in [2.24, 2.45) is 0 Å². The number of likely N-dealkylation sites (N-methyl/N-ethyl adjacent to an activating group) is 1. The Labute approximate surface area is 170 Å². The van der Waals surface area contributed by atoms with Crippen LogP contribution in [0.2, 0.25) is 0 Å². The third-order valence-electron chi connectivity index (χ3n) is 4.96. The number of hydrogen-bond acceptors (Lipinski definition) is 5. The van der Waals surface area contributed by atoms with E-state index < -0.39 is 5.91 Å². The minimum absolute atomic E-state index is 0.0155. The predicted molar refractivity (Wildman–Crippen MR) is 114 cm³/mol. The molecule has 0 radical (unpaired) electrons. The largest absolute Gasteiger partial charge is 0.497 e. The van der Waals surface area contributed by atoms with Crippen molar-refractivity contribution < 1.29 is 13.9 Å². The van der Waals surface area contributed by atoms with E-state index >= 15 is 0 Å². The van der Waals surface area contributed by atoms with Gasteiger partial charge < -0.3 is 19.4 Å². The molecule has 0 saturated carbocycles. The Bertz CT molecular complexity index is 1080. The molecule has 1 heterocycles. The monoisotopic (exact) mass is 394 g/mol. The zero-order chi connectivity index (χ0) is 21.1. The van der Waals surface area contributed by atoms with Crippen LogP contribution >= 0.6 is 0 Å². The second-order valence-electron chi connectivity index (χ2n) is 7.40. The van der Waals surface area contributed by atoms with Crippen molar-refractivity contribution in [3.63, 3.8) is 0 Å². The molecular formula is C23H26N2O4. The summed E-state index contributed by atoms with van der Waals surface area (Å²) in [5.74, 6) is 0.380. The first kappa shape index (κ1) is 20.6. The van der Waals surface area contributed by atoms with Gasteiger partial charge in [0.15, 0.2) is 11.2 Å². The molecule has 2 aromatic carbocycles. The van der Waals surface area contributed by atoms with E-state index in [0.29, 0.717) is 17.5 Å². The first-order valence-corrected chi connectivity index (χ1v) is 9.44. The molecule has 0 aliphatic heterocycles. The number of hydrogen-bond donors (Lipinski definition) is 1. The van der Waals surface area contributed by atoms with Crippen LogP contribution in [0.4, 0.5) is 0 Å². The highest BCUT2D eigenvalue weighted by Crippen LogP contribution is 2.22. The third kappa shape index (κ3) is 4.49. The summed E-state index contributed by atoms with van der Waals surface area (Å²) in [6.45, 7) is 4.16. The summed E-state index contributed by atoms with van der Waals surface area (Å²) in [6, 6.07) is 12.6. The van der Waals surface area contributed by atoms with Gasteiger partial charge in [0.1, 0.15) is 11.3 Å². The van der Waals surface area contributed by atoms with Crippen LogP contribution in [0.3, 0.4) is 0 Å². The molecule has 3 rings (SSSR count). The van der Waals surface area contributed by atoms with E-state index in [4.69, 9.17) is 9.15 Å². The molecule has 0 spiro atoms. The fraction of sp³-hybridized carbons (Fsp3) is 0.304. The summed E-state index contributed by atoms with van der Waals surface area (Å²) in [5, 5.41) is 3.38. The number of rotatable bonds is 6. The number of amides is 1. The van der Waals surface area contributed by atoms with Crippen molar-refractivity contribution in [2.45, 2.75) is 19.9 Å². The second-order valence-corrected chi connectivity index (χ2v) is 7.40. The van der Waals surface area contributed by atoms with Crippen LogP contribution in [-0.4, -0.2) is 38.6 Å². The molecule has 0 aliphatic rings. The molecule has 1 amide bonds. The molecular weight excluding hydrogens is 368 g/mol. The Kier molecular flexibility index (Phi) is 6.03. The van der Waals surface area contributed by atoms with E-state index in [1.54, 1.807) is 13.2 Å². The summed E-state index contributed by atoms with van der Waals surface area (Å²) in [6.07, 6.45) is 0. The molecule has 3 aromatic rings. The standard InChI is InChI=1S/C23H26N2O4/c1-14-10-15(2)22-18(11-14)20(26)12-21(29-22)23(27)24-13-19(25(3)4)16-6-8-17(28-5)9-7-16/h6-12,19H,13H2,1-5H3,(H,24,27)/t19-/m1/s1. The lowest BCUT2D eigenvalue weighted by atomic mass is 10.1. The van der Waals surface area contributed by atoms with Gasteiger partial charge in [0, 0.05) is 12.6 Å². The Balaban J connectivity index is 1.82. The molecule has 1 N–H and O–H groups in total. The minimum atomic E-state index is -0.413. The molecule has 0 bridgehead atoms. The van der Waals surface area contributed by atoms with Crippen molar-refractivity contribution in [3.05, 3.63) is 75.1 Å². The van der Waals surface area contributed by atoms with Crippen molar-refractivity contribution in [2.75, 3.05) is 27.7 Å². The number of nitrogens with zero attached hydrogens (tertiary/aromatic N) is 1. The van der Waals surface area contributed by atoms with Gasteiger partial charge in [-0.1, -0.05) is 18.2 Å². The van der Waals surface area contributed by atoms with E-state index in [2.05, 4.69) is 5.32 Å². The van der Waals surface area contributed by atoms with Crippen LogP contribution < -0.4 is 15.5 Å². The van der Waals surface area contributed by atoms with Crippen LogP contribution in [0.25, 0.3) is 11.0 Å². The Morgan fingerprint density at radius 1 is 1.14 bits per heavy atom. The van der Waals surface area contributed by atoms with E-state index in [1.165, 1.54) is 6.07 Å². The first-order valence-electron chi connectivity index (χ1n) is 9.44. The summed E-state index contributed by atoms with van der Waals surface area (Å²) >= 11 is 0. The normalized spacial score (nSPS) is 12.2. The van der Waals surface area contributed by atoms with Gasteiger partial charge in [-0.25, -0.2) is 0 Å². The first-order chi connectivity index (χ1) is 13.8. The van der Waals surface area contributed by atoms with Crippen LogP contribution in [0.5, 0.6) is 5.75 Å².